The van der Waals surface area contributed by atoms with Gasteiger partial charge in [0.2, 0.25) is 0 Å². The van der Waals surface area contributed by atoms with Gasteiger partial charge in [-0.3, -0.25) is 19.3 Å². The number of aliphatic hydroxyl groups excluding tert-OH is 1. The van der Waals surface area contributed by atoms with E-state index in [1.165, 1.54) is 5.56 Å². The van der Waals surface area contributed by atoms with Crippen LogP contribution < -0.4 is 11.1 Å². The molecule has 16 nitrogen and oxygen atoms in total. The van der Waals surface area contributed by atoms with E-state index >= 15 is 0 Å². The molecule has 2 aliphatic carbocycles. The van der Waals surface area contributed by atoms with Gasteiger partial charge >= 0.3 is 5.97 Å². The summed E-state index contributed by atoms with van der Waals surface area (Å²) in [7, 11) is -2.94. The predicted octanol–water partition coefficient (Wildman–Crippen LogP) is 8.54. The van der Waals surface area contributed by atoms with Gasteiger partial charge in [-0.1, -0.05) is 101 Å². The highest BCUT2D eigenvalue weighted by Gasteiger charge is 2.38. The predicted molar refractivity (Wildman–Crippen MR) is 271 cm³/mol. The average Bonchev–Trinajstić information content (AvgIpc) is 4.11. The summed E-state index contributed by atoms with van der Waals surface area (Å²) in [5.74, 6) is -0.534. The lowest BCUT2D eigenvalue weighted by Gasteiger charge is -2.37. The second-order valence-electron chi connectivity index (χ2n) is 20.8. The van der Waals surface area contributed by atoms with Gasteiger partial charge in [-0.25, -0.2) is 9.48 Å². The Bertz CT molecular complexity index is 2540. The van der Waals surface area contributed by atoms with Crippen LogP contribution in [0.25, 0.3) is 0 Å². The first-order valence-corrected chi connectivity index (χ1v) is 30.3. The van der Waals surface area contributed by atoms with E-state index in [-0.39, 0.29) is 29.2 Å². The van der Waals surface area contributed by atoms with Gasteiger partial charge in [0.15, 0.2) is 19.7 Å². The maximum Gasteiger partial charge on any atom is 0.356 e. The van der Waals surface area contributed by atoms with E-state index in [9.17, 15) is 19.8 Å². The van der Waals surface area contributed by atoms with Crippen LogP contribution in [0.3, 0.4) is 0 Å². The summed E-state index contributed by atoms with van der Waals surface area (Å²) >= 11 is 0. The molecule has 0 bridgehead atoms. The van der Waals surface area contributed by atoms with Gasteiger partial charge < -0.3 is 30.4 Å². The molecule has 18 heteroatoms. The normalized spacial score (nSPS) is 15.8. The molecule has 6 aromatic rings. The number of ether oxygens (including phenoxy) is 1. The molecule has 4 aromatic heterocycles. The fourth-order valence-corrected chi connectivity index (χ4v) is 9.72. The number of aliphatic hydroxyl groups is 1. The standard InChI is InChI=1S/C21H40N2O4Si2.C19H21N5O2.C10H11N3/c1-21(2,3)29(7,8)27-14-16-9-10-17-18(13-16)23(22-19(17)20(24)25)15-26-11-12-28(4,5)6;25-12-14-6-7-16-17(8-14)22-23-18(16)19(26)21-15-9-20-24(11-15)10-13-4-2-1-3-5-13;11-10-6-12-13(8-10)7-9-4-2-1-3-5-9/h16H,9-15H2,1-8H3,(H,24,25);1-5,9,11,14,25H,6-8,10,12H2,(H,21,26)(H,22,23);1-6,8H,7,11H2. The molecule has 8 rings (SSSR count). The zero-order valence-electron chi connectivity index (χ0n) is 41.2. The second-order valence-corrected chi connectivity index (χ2v) is 31.2. The lowest BCUT2D eigenvalue weighted by Crippen LogP contribution is -2.42. The molecule has 2 unspecified atom stereocenters. The van der Waals surface area contributed by atoms with Crippen molar-refractivity contribution < 1.29 is 29.0 Å². The number of carboxylic acids is 1. The topological polar surface area (TPSA) is 213 Å². The monoisotopic (exact) mass is 965 g/mol. The Morgan fingerprint density at radius 1 is 0.853 bits per heavy atom. The van der Waals surface area contributed by atoms with Crippen LogP contribution in [0.2, 0.25) is 43.8 Å². The van der Waals surface area contributed by atoms with Crippen LogP contribution in [-0.2, 0) is 54.7 Å². The second kappa shape index (κ2) is 23.1. The lowest BCUT2D eigenvalue weighted by atomic mass is 9.87. The SMILES string of the molecule is CC(C)(C)[Si](C)(C)OCC1CCc2c(C(=O)O)nn(COCC[Si](C)(C)C)c2C1.Nc1cnn(Cc2ccccc2)c1.O=C(Nc1cnn(Cc2ccccc2)c1)c1n[nH]c2c1CCC(CO)C2. The van der Waals surface area contributed by atoms with Crippen molar-refractivity contribution in [2.45, 2.75) is 123 Å². The number of fused-ring (bicyclic) bond motifs is 2. The molecule has 2 aliphatic rings. The van der Waals surface area contributed by atoms with Gasteiger partial charge in [0, 0.05) is 62.8 Å². The molecule has 6 N–H and O–H groups in total. The molecule has 4 heterocycles. The van der Waals surface area contributed by atoms with E-state index in [1.807, 2.05) is 65.6 Å². The van der Waals surface area contributed by atoms with Gasteiger partial charge in [-0.05, 0) is 85.7 Å². The highest BCUT2D eigenvalue weighted by Crippen LogP contribution is 2.38. The number of hydrogen-bond donors (Lipinski definition) is 5. The van der Waals surface area contributed by atoms with Crippen LogP contribution in [0.4, 0.5) is 11.4 Å². The van der Waals surface area contributed by atoms with Gasteiger partial charge in [0.1, 0.15) is 6.73 Å². The molecular weight excluding hydrogens is 893 g/mol. The number of benzene rings is 2. The average molecular weight is 965 g/mol. The van der Waals surface area contributed by atoms with Gasteiger partial charge in [-0.2, -0.15) is 20.4 Å². The van der Waals surface area contributed by atoms with Crippen molar-refractivity contribution in [1.82, 2.24) is 39.5 Å². The van der Waals surface area contributed by atoms with E-state index in [0.29, 0.717) is 42.9 Å². The molecule has 1 amide bonds. The summed E-state index contributed by atoms with van der Waals surface area (Å²) in [6.45, 7) is 21.6. The first-order chi connectivity index (χ1) is 32.3. The van der Waals surface area contributed by atoms with Crippen molar-refractivity contribution in [2.75, 3.05) is 30.9 Å². The molecule has 0 saturated heterocycles. The van der Waals surface area contributed by atoms with Gasteiger partial charge in [0.25, 0.3) is 5.91 Å². The summed E-state index contributed by atoms with van der Waals surface area (Å²) in [5, 5.41) is 41.9. The van der Waals surface area contributed by atoms with E-state index < -0.39 is 22.4 Å². The smallest absolute Gasteiger partial charge is 0.356 e. The number of nitrogens with one attached hydrogen (secondary N) is 2. The molecule has 0 saturated carbocycles. The number of carbonyl (C=O) groups excluding carboxylic acids is 1. The minimum absolute atomic E-state index is 0.167. The summed E-state index contributed by atoms with van der Waals surface area (Å²) in [6.07, 6.45) is 11.8. The number of carbonyl (C=O) groups is 2. The van der Waals surface area contributed by atoms with Crippen LogP contribution in [-0.4, -0.2) is 97.8 Å². The number of amides is 1. The Morgan fingerprint density at radius 2 is 1.47 bits per heavy atom. The van der Waals surface area contributed by atoms with Crippen LogP contribution >= 0.6 is 0 Å². The van der Waals surface area contributed by atoms with Crippen molar-refractivity contribution in [1.29, 1.82) is 0 Å². The number of hydrogen-bond acceptors (Lipinski definition) is 10. The number of nitrogens with two attached hydrogens (primary N) is 1. The molecule has 2 atom stereocenters. The van der Waals surface area contributed by atoms with Crippen LogP contribution in [0.5, 0.6) is 0 Å². The number of rotatable bonds is 16. The first kappa shape index (κ1) is 51.7. The Balaban J connectivity index is 0.000000179. The number of aromatic carboxylic acids is 1. The molecule has 68 heavy (non-hydrogen) atoms. The Morgan fingerprint density at radius 3 is 2.06 bits per heavy atom. The molecule has 0 radical (unpaired) electrons. The number of aromatic nitrogens is 8. The quantitative estimate of drug-likeness (QED) is 0.0458. The maximum atomic E-state index is 12.6. The number of H-pyrrole nitrogens is 1. The van der Waals surface area contributed by atoms with Crippen molar-refractivity contribution in [3.8, 4) is 0 Å². The third-order valence-corrected chi connectivity index (χ3v) is 19.2. The minimum atomic E-state index is -1.79. The third kappa shape index (κ3) is 14.7. The molecule has 2 aromatic carbocycles. The Labute approximate surface area is 402 Å². The highest BCUT2D eigenvalue weighted by molar-refractivity contribution is 6.76. The number of nitrogens with zero attached hydrogens (tertiary/aromatic N) is 7. The van der Waals surface area contributed by atoms with Crippen molar-refractivity contribution in [3.63, 3.8) is 0 Å². The maximum absolute atomic E-state index is 12.6. The van der Waals surface area contributed by atoms with Crippen molar-refractivity contribution >= 4 is 39.6 Å². The summed E-state index contributed by atoms with van der Waals surface area (Å²) in [6, 6.07) is 21.3. The van der Waals surface area contributed by atoms with E-state index in [2.05, 4.69) is 96.4 Å². The minimum Gasteiger partial charge on any atom is -0.476 e. The zero-order valence-corrected chi connectivity index (χ0v) is 43.2. The molecule has 0 spiro atoms. The first-order valence-electron chi connectivity index (χ1n) is 23.7. The fraction of sp³-hybridized carbons (Fsp3) is 0.480. The number of carboxylic acid groups (broad SMARTS) is 1. The van der Waals surface area contributed by atoms with Gasteiger partial charge in [0.05, 0.1) is 36.9 Å². The van der Waals surface area contributed by atoms with Crippen LogP contribution in [0, 0.1) is 11.8 Å². The summed E-state index contributed by atoms with van der Waals surface area (Å²) in [4.78, 5) is 24.3. The van der Waals surface area contributed by atoms with Crippen molar-refractivity contribution in [2.24, 2.45) is 11.8 Å². The van der Waals surface area contributed by atoms with E-state index in [4.69, 9.17) is 14.9 Å². The highest BCUT2D eigenvalue weighted by atomic mass is 28.4. The largest absolute Gasteiger partial charge is 0.476 e. The van der Waals surface area contributed by atoms with Crippen LogP contribution in [0.1, 0.15) is 88.2 Å². The van der Waals surface area contributed by atoms with E-state index in [0.717, 1.165) is 85.8 Å². The van der Waals surface area contributed by atoms with Gasteiger partial charge in [-0.15, -0.1) is 0 Å². The number of anilines is 2. The number of nitrogen functional groups attached to an aromatic ring is 1. The lowest BCUT2D eigenvalue weighted by molar-refractivity contribution is 0.0667. The van der Waals surface area contributed by atoms with Crippen LogP contribution in [0.15, 0.2) is 85.5 Å². The molecule has 0 aliphatic heterocycles. The molecular formula is C50H72N10O6Si2. The molecule has 366 valence electrons. The third-order valence-electron chi connectivity index (χ3n) is 13.0. The Hall–Kier alpha value is -5.67. The summed E-state index contributed by atoms with van der Waals surface area (Å²) < 4.78 is 17.7. The molecule has 0 fully saturated rings. The zero-order chi connectivity index (χ0) is 49.1. The Kier molecular flexibility index (Phi) is 17.6. The van der Waals surface area contributed by atoms with E-state index in [1.54, 1.807) is 21.8 Å². The fourth-order valence-electron chi connectivity index (χ4n) is 7.88. The van der Waals surface area contributed by atoms with Crippen molar-refractivity contribution in [3.05, 3.63) is 130 Å². The summed E-state index contributed by atoms with van der Waals surface area (Å²) in [5.41, 5.74) is 13.7. The number of aromatic amines is 1.